The Morgan fingerprint density at radius 2 is 2.14 bits per heavy atom. The summed E-state index contributed by atoms with van der Waals surface area (Å²) in [5.41, 5.74) is 2.02. The van der Waals surface area contributed by atoms with Crippen LogP contribution in [-0.2, 0) is 6.42 Å². The smallest absolute Gasteiger partial charge is 0.234 e. The summed E-state index contributed by atoms with van der Waals surface area (Å²) in [5.74, 6) is 0.0355. The van der Waals surface area contributed by atoms with E-state index in [0.29, 0.717) is 6.42 Å². The third-order valence-electron chi connectivity index (χ3n) is 2.75. The average molecular weight is 187 g/mol. The second-order valence-electron chi connectivity index (χ2n) is 3.59. The molecule has 0 bridgehead atoms. The van der Waals surface area contributed by atoms with Crippen LogP contribution in [0.15, 0.2) is 24.3 Å². The first kappa shape index (κ1) is 7.62. The fraction of sp³-hybridized carbons (Fsp3) is 0.182. The van der Waals surface area contributed by atoms with Crippen molar-refractivity contribution in [3.8, 4) is 5.88 Å². The number of hydrogen-bond donors (Lipinski definition) is 1. The van der Waals surface area contributed by atoms with Crippen LogP contribution in [0.25, 0.3) is 10.9 Å². The van der Waals surface area contributed by atoms with Gasteiger partial charge in [-0.3, -0.25) is 9.36 Å². The van der Waals surface area contributed by atoms with Crippen LogP contribution in [0.2, 0.25) is 0 Å². The molecule has 1 aliphatic rings. The number of aromatic hydroxyl groups is 1. The van der Waals surface area contributed by atoms with Crippen molar-refractivity contribution in [2.45, 2.75) is 12.8 Å². The molecule has 14 heavy (non-hydrogen) atoms. The van der Waals surface area contributed by atoms with Gasteiger partial charge in [-0.15, -0.1) is 0 Å². The van der Waals surface area contributed by atoms with Crippen LogP contribution in [0.4, 0.5) is 0 Å². The van der Waals surface area contributed by atoms with Crippen molar-refractivity contribution >= 4 is 16.8 Å². The van der Waals surface area contributed by atoms with E-state index >= 15 is 0 Å². The molecule has 3 nitrogen and oxygen atoms in total. The highest BCUT2D eigenvalue weighted by Crippen LogP contribution is 2.31. The molecule has 0 saturated heterocycles. The van der Waals surface area contributed by atoms with E-state index in [9.17, 15) is 9.90 Å². The van der Waals surface area contributed by atoms with Gasteiger partial charge in [0.05, 0.1) is 5.52 Å². The molecule has 1 aromatic heterocycles. The number of para-hydroxylation sites is 1. The zero-order valence-electron chi connectivity index (χ0n) is 7.53. The van der Waals surface area contributed by atoms with E-state index in [0.717, 1.165) is 22.9 Å². The van der Waals surface area contributed by atoms with Crippen LogP contribution >= 0.6 is 0 Å². The summed E-state index contributed by atoms with van der Waals surface area (Å²) in [6, 6.07) is 7.51. The molecule has 70 valence electrons. The van der Waals surface area contributed by atoms with Crippen LogP contribution < -0.4 is 0 Å². The highest BCUT2D eigenvalue weighted by molar-refractivity contribution is 5.98. The lowest BCUT2D eigenvalue weighted by Crippen LogP contribution is -2.16. The van der Waals surface area contributed by atoms with E-state index in [1.54, 1.807) is 6.07 Å². The normalized spacial score (nSPS) is 15.0. The summed E-state index contributed by atoms with van der Waals surface area (Å²) in [5, 5.41) is 10.5. The third-order valence-corrected chi connectivity index (χ3v) is 2.75. The number of benzene rings is 1. The topological polar surface area (TPSA) is 42.2 Å². The minimum absolute atomic E-state index is 0.0174. The molecule has 3 heteroatoms. The van der Waals surface area contributed by atoms with Crippen molar-refractivity contribution in [3.63, 3.8) is 0 Å². The molecular weight excluding hydrogens is 178 g/mol. The zero-order chi connectivity index (χ0) is 9.71. The standard InChI is InChI=1S/C11H9NO2/c13-9-5-4-7-2-1-3-8-6-10(14)12(9)11(7)8/h1-3,6,14H,4-5H2. The maximum Gasteiger partial charge on any atom is 0.234 e. The summed E-state index contributed by atoms with van der Waals surface area (Å²) in [6.45, 7) is 0. The van der Waals surface area contributed by atoms with Crippen LogP contribution in [0.5, 0.6) is 5.88 Å². The molecule has 1 N–H and O–H groups in total. The minimum Gasteiger partial charge on any atom is -0.494 e. The van der Waals surface area contributed by atoms with Crippen molar-refractivity contribution in [1.29, 1.82) is 0 Å². The summed E-state index contributed by atoms with van der Waals surface area (Å²) >= 11 is 0. The Kier molecular flexibility index (Phi) is 1.29. The summed E-state index contributed by atoms with van der Waals surface area (Å²) in [7, 11) is 0. The largest absolute Gasteiger partial charge is 0.494 e. The van der Waals surface area contributed by atoms with Crippen LogP contribution in [0.1, 0.15) is 16.8 Å². The summed E-state index contributed by atoms with van der Waals surface area (Å²) in [4.78, 5) is 11.6. The molecule has 0 atom stereocenters. The summed E-state index contributed by atoms with van der Waals surface area (Å²) in [6.07, 6.45) is 1.26. The molecule has 0 aliphatic carbocycles. The number of nitrogens with zero attached hydrogens (tertiary/aromatic N) is 1. The van der Waals surface area contributed by atoms with Gasteiger partial charge in [-0.1, -0.05) is 18.2 Å². The van der Waals surface area contributed by atoms with Crippen LogP contribution in [0.3, 0.4) is 0 Å². The molecule has 2 heterocycles. The molecule has 3 rings (SSSR count). The zero-order valence-corrected chi connectivity index (χ0v) is 7.53. The lowest BCUT2D eigenvalue weighted by atomic mass is 10.0. The Morgan fingerprint density at radius 1 is 1.29 bits per heavy atom. The van der Waals surface area contributed by atoms with Gasteiger partial charge in [0.15, 0.2) is 5.88 Å². The fourth-order valence-electron chi connectivity index (χ4n) is 2.13. The van der Waals surface area contributed by atoms with Gasteiger partial charge in [0.1, 0.15) is 0 Å². The Balaban J connectivity index is 2.54. The first-order valence-corrected chi connectivity index (χ1v) is 4.63. The van der Waals surface area contributed by atoms with Crippen molar-refractivity contribution < 1.29 is 9.90 Å². The van der Waals surface area contributed by atoms with E-state index in [1.807, 2.05) is 18.2 Å². The fourth-order valence-corrected chi connectivity index (χ4v) is 2.13. The molecule has 0 spiro atoms. The van der Waals surface area contributed by atoms with Gasteiger partial charge in [-0.05, 0) is 12.0 Å². The maximum atomic E-state index is 11.6. The maximum absolute atomic E-state index is 11.6. The van der Waals surface area contributed by atoms with E-state index in [2.05, 4.69) is 0 Å². The number of hydrogen-bond acceptors (Lipinski definition) is 2. The van der Waals surface area contributed by atoms with E-state index in [4.69, 9.17) is 0 Å². The van der Waals surface area contributed by atoms with E-state index in [1.165, 1.54) is 4.57 Å². The molecule has 1 aromatic carbocycles. The number of rotatable bonds is 0. The number of aromatic nitrogens is 1. The summed E-state index contributed by atoms with van der Waals surface area (Å²) < 4.78 is 1.41. The van der Waals surface area contributed by atoms with Gasteiger partial charge >= 0.3 is 0 Å². The van der Waals surface area contributed by atoms with Gasteiger partial charge in [-0.25, -0.2) is 0 Å². The average Bonchev–Trinajstić information content (AvgIpc) is 2.51. The second-order valence-corrected chi connectivity index (χ2v) is 3.59. The Morgan fingerprint density at radius 3 is 3.00 bits per heavy atom. The number of carbonyl (C=O) groups excluding carboxylic acids is 1. The minimum atomic E-state index is -0.0174. The van der Waals surface area contributed by atoms with Crippen molar-refractivity contribution in [1.82, 2.24) is 4.57 Å². The van der Waals surface area contributed by atoms with Crippen LogP contribution in [0, 0.1) is 0 Å². The van der Waals surface area contributed by atoms with E-state index in [-0.39, 0.29) is 11.8 Å². The second kappa shape index (κ2) is 2.38. The molecule has 0 amide bonds. The SMILES string of the molecule is O=C1CCc2cccc3cc(O)n1c23. The monoisotopic (exact) mass is 187 g/mol. The third kappa shape index (κ3) is 0.789. The molecule has 0 unspecified atom stereocenters. The Labute approximate surface area is 80.6 Å². The van der Waals surface area contributed by atoms with Gasteiger partial charge in [0.2, 0.25) is 5.91 Å². The Hall–Kier alpha value is -1.77. The van der Waals surface area contributed by atoms with Crippen molar-refractivity contribution in [3.05, 3.63) is 29.8 Å². The lowest BCUT2D eigenvalue weighted by Gasteiger charge is -2.14. The number of carbonyl (C=O) groups is 1. The Bertz CT molecular complexity index is 539. The van der Waals surface area contributed by atoms with Crippen molar-refractivity contribution in [2.24, 2.45) is 0 Å². The molecule has 0 saturated carbocycles. The molecule has 2 aromatic rings. The predicted octanol–water partition coefficient (Wildman–Crippen LogP) is 1.93. The van der Waals surface area contributed by atoms with Gasteiger partial charge in [-0.2, -0.15) is 0 Å². The predicted molar refractivity (Wildman–Crippen MR) is 52.6 cm³/mol. The van der Waals surface area contributed by atoms with Crippen molar-refractivity contribution in [2.75, 3.05) is 0 Å². The first-order valence-electron chi connectivity index (χ1n) is 4.63. The number of aryl methyl sites for hydroxylation is 1. The van der Waals surface area contributed by atoms with Gasteiger partial charge < -0.3 is 5.11 Å². The molecule has 0 radical (unpaired) electrons. The molecule has 0 fully saturated rings. The van der Waals surface area contributed by atoms with Gasteiger partial charge in [0.25, 0.3) is 0 Å². The lowest BCUT2D eigenvalue weighted by molar-refractivity contribution is 0.0894. The van der Waals surface area contributed by atoms with E-state index < -0.39 is 0 Å². The molecule has 1 aliphatic heterocycles. The highest BCUT2D eigenvalue weighted by Gasteiger charge is 2.21. The van der Waals surface area contributed by atoms with Gasteiger partial charge in [0, 0.05) is 17.9 Å². The van der Waals surface area contributed by atoms with Crippen LogP contribution in [-0.4, -0.2) is 15.6 Å². The first-order chi connectivity index (χ1) is 6.77. The highest BCUT2D eigenvalue weighted by atomic mass is 16.3. The molecular formula is C11H9NO2. The quantitative estimate of drug-likeness (QED) is 0.684.